The van der Waals surface area contributed by atoms with Gasteiger partial charge < -0.3 is 16.2 Å². The Labute approximate surface area is 182 Å². The lowest BCUT2D eigenvalue weighted by atomic mass is 10.0. The molecule has 160 valence electrons. The largest absolute Gasteiger partial charge is 0.390 e. The number of nitrogens with one attached hydrogen (secondary N) is 1. The smallest absolute Gasteiger partial charge is 0.154 e. The van der Waals surface area contributed by atoms with Crippen LogP contribution in [0.3, 0.4) is 0 Å². The van der Waals surface area contributed by atoms with Crippen LogP contribution >= 0.6 is 0 Å². The number of nitrogens with zero attached hydrogens (tertiary/aromatic N) is 4. The summed E-state index contributed by atoms with van der Waals surface area (Å²) in [5.74, 6) is 0.660. The van der Waals surface area contributed by atoms with Gasteiger partial charge in [-0.2, -0.15) is 5.10 Å². The molecule has 3 heterocycles. The Morgan fingerprint density at radius 3 is 2.71 bits per heavy atom. The Morgan fingerprint density at radius 2 is 1.94 bits per heavy atom. The molecule has 0 aliphatic heterocycles. The first-order valence-corrected chi connectivity index (χ1v) is 10.7. The topological polar surface area (TPSA) is 102 Å². The second-order valence-corrected chi connectivity index (χ2v) is 7.53. The zero-order valence-corrected chi connectivity index (χ0v) is 17.9. The van der Waals surface area contributed by atoms with Crippen LogP contribution in [0.25, 0.3) is 28.0 Å². The highest BCUT2D eigenvalue weighted by atomic mass is 16.3. The first kappa shape index (κ1) is 21.0. The summed E-state index contributed by atoms with van der Waals surface area (Å²) in [6.07, 6.45) is 3.76. The van der Waals surface area contributed by atoms with Crippen molar-refractivity contribution in [3.05, 3.63) is 66.1 Å². The molecule has 0 bridgehead atoms. The van der Waals surface area contributed by atoms with Crippen molar-refractivity contribution in [3.8, 4) is 17.1 Å². The van der Waals surface area contributed by atoms with Crippen molar-refractivity contribution in [1.82, 2.24) is 19.7 Å². The Bertz CT molecular complexity index is 1190. The molecular formula is C24H28N6O. The monoisotopic (exact) mass is 416 g/mol. The maximum atomic E-state index is 9.47. The minimum absolute atomic E-state index is 0.0714. The van der Waals surface area contributed by atoms with E-state index < -0.39 is 0 Å². The van der Waals surface area contributed by atoms with Crippen molar-refractivity contribution in [2.24, 2.45) is 5.73 Å². The van der Waals surface area contributed by atoms with E-state index in [2.05, 4.69) is 41.4 Å². The third-order valence-corrected chi connectivity index (χ3v) is 5.27. The van der Waals surface area contributed by atoms with Crippen LogP contribution in [0.2, 0.25) is 0 Å². The number of hydrogen-bond donors (Lipinski definition) is 3. The SMILES string of the molecule is CCCC(N)c1cccc(-c2cc(NCC)c3cnn(-c4cccc(CO)n4)c3c2)n1. The van der Waals surface area contributed by atoms with E-state index >= 15 is 0 Å². The molecule has 1 unspecified atom stereocenters. The molecule has 7 heteroatoms. The zero-order valence-electron chi connectivity index (χ0n) is 17.9. The van der Waals surface area contributed by atoms with Gasteiger partial charge in [-0.3, -0.25) is 4.98 Å². The standard InChI is InChI=1S/C24H28N6O/c1-3-7-19(25)21-10-6-9-20(29-21)16-12-22(26-4-2)18-14-27-30(23(18)13-16)24-11-5-8-17(15-31)28-24/h5-6,8-14,19,26,31H,3-4,7,15,25H2,1-2H3. The summed E-state index contributed by atoms with van der Waals surface area (Å²) >= 11 is 0. The van der Waals surface area contributed by atoms with Crippen molar-refractivity contribution in [1.29, 1.82) is 0 Å². The predicted molar refractivity (Wildman–Crippen MR) is 124 cm³/mol. The first-order chi connectivity index (χ1) is 15.1. The van der Waals surface area contributed by atoms with Gasteiger partial charge in [-0.25, -0.2) is 9.67 Å². The molecule has 0 aliphatic rings. The highest BCUT2D eigenvalue weighted by molar-refractivity contribution is 5.96. The van der Waals surface area contributed by atoms with Gasteiger partial charge in [0.1, 0.15) is 0 Å². The maximum Gasteiger partial charge on any atom is 0.154 e. The molecule has 4 aromatic rings. The van der Waals surface area contributed by atoms with Crippen LogP contribution in [-0.4, -0.2) is 31.4 Å². The van der Waals surface area contributed by atoms with Gasteiger partial charge >= 0.3 is 0 Å². The molecule has 7 nitrogen and oxygen atoms in total. The molecule has 1 atom stereocenters. The number of fused-ring (bicyclic) bond motifs is 1. The lowest BCUT2D eigenvalue weighted by Crippen LogP contribution is -2.11. The van der Waals surface area contributed by atoms with Crippen LogP contribution in [0, 0.1) is 0 Å². The van der Waals surface area contributed by atoms with Gasteiger partial charge in [0.05, 0.1) is 35.4 Å². The number of aromatic nitrogens is 4. The third-order valence-electron chi connectivity index (χ3n) is 5.27. The highest BCUT2D eigenvalue weighted by Gasteiger charge is 2.14. The van der Waals surface area contributed by atoms with Crippen molar-refractivity contribution < 1.29 is 5.11 Å². The van der Waals surface area contributed by atoms with Gasteiger partial charge in [-0.05, 0) is 49.7 Å². The van der Waals surface area contributed by atoms with Crippen LogP contribution in [0.15, 0.2) is 54.7 Å². The van der Waals surface area contributed by atoms with Gasteiger partial charge in [-0.1, -0.05) is 25.5 Å². The van der Waals surface area contributed by atoms with E-state index in [-0.39, 0.29) is 12.6 Å². The van der Waals surface area contributed by atoms with E-state index in [1.165, 1.54) is 0 Å². The summed E-state index contributed by atoms with van der Waals surface area (Å²) in [6, 6.07) is 15.7. The Hall–Kier alpha value is -3.29. The molecule has 3 aromatic heterocycles. The molecular weight excluding hydrogens is 388 g/mol. The van der Waals surface area contributed by atoms with Gasteiger partial charge in [0.2, 0.25) is 0 Å². The molecule has 0 spiro atoms. The van der Waals surface area contributed by atoms with Gasteiger partial charge in [-0.15, -0.1) is 0 Å². The average Bonchev–Trinajstić information content (AvgIpc) is 3.24. The number of nitrogens with two attached hydrogens (primary N) is 1. The average molecular weight is 417 g/mol. The third kappa shape index (κ3) is 4.28. The van der Waals surface area contributed by atoms with E-state index in [1.54, 1.807) is 10.7 Å². The Balaban J connectivity index is 1.86. The zero-order chi connectivity index (χ0) is 21.8. The second-order valence-electron chi connectivity index (χ2n) is 7.53. The lowest BCUT2D eigenvalue weighted by molar-refractivity contribution is 0.276. The molecule has 0 saturated carbocycles. The predicted octanol–water partition coefficient (Wildman–Crippen LogP) is 4.21. The lowest BCUT2D eigenvalue weighted by Gasteiger charge is -2.13. The summed E-state index contributed by atoms with van der Waals surface area (Å²) in [5, 5.41) is 18.5. The molecule has 0 amide bonds. The number of pyridine rings is 2. The van der Waals surface area contributed by atoms with Gasteiger partial charge in [0.15, 0.2) is 5.82 Å². The number of benzene rings is 1. The summed E-state index contributed by atoms with van der Waals surface area (Å²) in [5.41, 5.74) is 11.6. The van der Waals surface area contributed by atoms with Crippen LogP contribution in [0.5, 0.6) is 0 Å². The quantitative estimate of drug-likeness (QED) is 0.398. The van der Waals surface area contributed by atoms with Crippen LogP contribution in [0.4, 0.5) is 5.69 Å². The summed E-state index contributed by atoms with van der Waals surface area (Å²) in [4.78, 5) is 9.37. The van der Waals surface area contributed by atoms with E-state index in [9.17, 15) is 5.11 Å². The number of hydrogen-bond acceptors (Lipinski definition) is 6. The van der Waals surface area contributed by atoms with Crippen LogP contribution in [-0.2, 0) is 6.61 Å². The summed E-state index contributed by atoms with van der Waals surface area (Å²) in [7, 11) is 0. The fourth-order valence-electron chi connectivity index (χ4n) is 3.74. The number of aliphatic hydroxyl groups excluding tert-OH is 1. The van der Waals surface area contributed by atoms with Crippen LogP contribution < -0.4 is 11.1 Å². The second kappa shape index (κ2) is 9.24. The Morgan fingerprint density at radius 1 is 1.10 bits per heavy atom. The number of aliphatic hydroxyl groups is 1. The highest BCUT2D eigenvalue weighted by Crippen LogP contribution is 2.32. The van der Waals surface area contributed by atoms with Gasteiger partial charge in [0.25, 0.3) is 0 Å². The number of anilines is 1. The molecule has 0 saturated heterocycles. The van der Waals surface area contributed by atoms with Crippen molar-refractivity contribution >= 4 is 16.6 Å². The van der Waals surface area contributed by atoms with Crippen molar-refractivity contribution in [2.45, 2.75) is 39.3 Å². The first-order valence-electron chi connectivity index (χ1n) is 10.7. The van der Waals surface area contributed by atoms with E-state index in [4.69, 9.17) is 10.7 Å². The van der Waals surface area contributed by atoms with Crippen LogP contribution in [0.1, 0.15) is 44.1 Å². The van der Waals surface area contributed by atoms with Crippen molar-refractivity contribution in [3.63, 3.8) is 0 Å². The molecule has 1 aromatic carbocycles. The molecule has 4 rings (SSSR count). The molecule has 0 fully saturated rings. The fraction of sp³-hybridized carbons (Fsp3) is 0.292. The minimum Gasteiger partial charge on any atom is -0.390 e. The molecule has 0 aliphatic carbocycles. The van der Waals surface area contributed by atoms with Gasteiger partial charge in [0, 0.05) is 29.2 Å². The van der Waals surface area contributed by atoms with Crippen molar-refractivity contribution in [2.75, 3.05) is 11.9 Å². The van der Waals surface area contributed by atoms with E-state index in [0.29, 0.717) is 11.5 Å². The molecule has 4 N–H and O–H groups in total. The number of rotatable bonds is 8. The summed E-state index contributed by atoms with van der Waals surface area (Å²) in [6.45, 7) is 4.87. The Kier molecular flexibility index (Phi) is 6.25. The van der Waals surface area contributed by atoms with E-state index in [0.717, 1.165) is 52.9 Å². The molecule has 31 heavy (non-hydrogen) atoms. The molecule has 0 radical (unpaired) electrons. The summed E-state index contributed by atoms with van der Waals surface area (Å²) < 4.78 is 1.80. The minimum atomic E-state index is -0.115. The maximum absolute atomic E-state index is 9.47. The van der Waals surface area contributed by atoms with E-state index in [1.807, 2.05) is 36.5 Å². The normalized spacial score (nSPS) is 12.3. The fourth-order valence-corrected chi connectivity index (χ4v) is 3.74.